The normalized spacial score (nSPS) is 11.4. The molecule has 4 heteroatoms. The lowest BCUT2D eigenvalue weighted by atomic mass is 9.88. The molecule has 33 heavy (non-hydrogen) atoms. The minimum absolute atomic E-state index is 0.144. The predicted octanol–water partition coefficient (Wildman–Crippen LogP) is 7.32. The van der Waals surface area contributed by atoms with Crippen molar-refractivity contribution < 1.29 is 4.79 Å². The van der Waals surface area contributed by atoms with Crippen molar-refractivity contribution in [2.45, 2.75) is 39.6 Å². The molecule has 0 spiro atoms. The number of rotatable bonds is 6. The molecule has 3 nitrogen and oxygen atoms in total. The fourth-order valence-electron chi connectivity index (χ4n) is 4.11. The molecule has 4 rings (SSSR count). The Morgan fingerprint density at radius 1 is 0.758 bits per heavy atom. The van der Waals surface area contributed by atoms with E-state index < -0.39 is 0 Å². The van der Waals surface area contributed by atoms with Crippen LogP contribution in [0.3, 0.4) is 0 Å². The average Bonchev–Trinajstić information content (AvgIpc) is 2.84. The maximum Gasteiger partial charge on any atom is 0.173 e. The van der Waals surface area contributed by atoms with Crippen molar-refractivity contribution in [2.24, 2.45) is 0 Å². The third kappa shape index (κ3) is 4.76. The number of benzene rings is 3. The van der Waals surface area contributed by atoms with Gasteiger partial charge in [-0.3, -0.25) is 4.79 Å². The highest BCUT2D eigenvalue weighted by molar-refractivity contribution is 8.00. The number of fused-ring (bicyclic) bond motifs is 1. The Kier molecular flexibility index (Phi) is 6.75. The van der Waals surface area contributed by atoms with E-state index in [2.05, 4.69) is 34.6 Å². The minimum Gasteiger partial charge on any atom is -0.293 e. The van der Waals surface area contributed by atoms with Crippen LogP contribution in [0.25, 0.3) is 23.1 Å². The number of Topliss-reactive ketones (excluding diaryl/α,β-unsaturated/α-hetero) is 1. The second-order valence-electron chi connectivity index (χ2n) is 8.36. The molecule has 0 saturated carbocycles. The molecule has 1 heterocycles. The number of nitrogens with zero attached hydrogens (tertiary/aromatic N) is 2. The molecule has 0 aliphatic carbocycles. The van der Waals surface area contributed by atoms with E-state index in [9.17, 15) is 4.79 Å². The molecule has 0 aliphatic heterocycles. The van der Waals surface area contributed by atoms with Gasteiger partial charge in [0.15, 0.2) is 11.6 Å². The topological polar surface area (TPSA) is 42.9 Å². The molecular formula is C29H28N2OS. The highest BCUT2D eigenvalue weighted by atomic mass is 32.2. The lowest BCUT2D eigenvalue weighted by molar-refractivity contribution is 0.102. The Morgan fingerprint density at radius 3 is 2.06 bits per heavy atom. The van der Waals surface area contributed by atoms with E-state index in [1.165, 1.54) is 28.5 Å². The molecule has 0 fully saturated rings. The fraction of sp³-hybridized carbons (Fsp3) is 0.207. The van der Waals surface area contributed by atoms with E-state index in [0.29, 0.717) is 11.6 Å². The van der Waals surface area contributed by atoms with Crippen LogP contribution in [0.2, 0.25) is 0 Å². The molecule has 0 amide bonds. The first-order valence-electron chi connectivity index (χ1n) is 11.1. The van der Waals surface area contributed by atoms with E-state index in [0.717, 1.165) is 38.2 Å². The largest absolute Gasteiger partial charge is 0.293 e. The van der Waals surface area contributed by atoms with Crippen molar-refractivity contribution in [1.82, 2.24) is 9.97 Å². The first-order valence-corrected chi connectivity index (χ1v) is 12.1. The highest BCUT2D eigenvalue weighted by Crippen LogP contribution is 2.30. The Bertz CT molecular complexity index is 1340. The molecule has 0 saturated heterocycles. The van der Waals surface area contributed by atoms with Gasteiger partial charge in [0.25, 0.3) is 0 Å². The molecule has 0 N–H and O–H groups in total. The predicted molar refractivity (Wildman–Crippen MR) is 140 cm³/mol. The quantitative estimate of drug-likeness (QED) is 0.175. The van der Waals surface area contributed by atoms with Gasteiger partial charge >= 0.3 is 0 Å². The van der Waals surface area contributed by atoms with Crippen LogP contribution in [0.15, 0.2) is 59.6 Å². The molecular weight excluding hydrogens is 424 g/mol. The molecule has 166 valence electrons. The van der Waals surface area contributed by atoms with E-state index in [4.69, 9.17) is 9.97 Å². The first kappa shape index (κ1) is 22.9. The summed E-state index contributed by atoms with van der Waals surface area (Å²) < 4.78 is 0. The lowest BCUT2D eigenvalue weighted by Crippen LogP contribution is -2.11. The molecule has 3 aromatic carbocycles. The number of aromatic nitrogens is 2. The standard InChI is InChI=1S/C29H28N2OS/c1-18-19(2)21(4)28(22(5)20(18)3)26(32)17-33-29-24-13-9-10-14-25(24)30-27(31-29)16-15-23-11-7-6-8-12-23/h6-16H,17H2,1-5H3. The summed E-state index contributed by atoms with van der Waals surface area (Å²) >= 11 is 1.49. The van der Waals surface area contributed by atoms with Gasteiger partial charge in [-0.2, -0.15) is 0 Å². The van der Waals surface area contributed by atoms with Crippen molar-refractivity contribution in [2.75, 3.05) is 5.75 Å². The van der Waals surface area contributed by atoms with E-state index in [1.807, 2.05) is 66.7 Å². The number of para-hydroxylation sites is 1. The number of ketones is 1. The van der Waals surface area contributed by atoms with Crippen LogP contribution in [-0.2, 0) is 0 Å². The van der Waals surface area contributed by atoms with Crippen molar-refractivity contribution in [3.05, 3.63) is 99.4 Å². The van der Waals surface area contributed by atoms with E-state index in [1.54, 1.807) is 0 Å². The number of carbonyl (C=O) groups excluding carboxylic acids is 1. The van der Waals surface area contributed by atoms with Crippen LogP contribution in [0.1, 0.15) is 49.6 Å². The van der Waals surface area contributed by atoms with Gasteiger partial charge in [0.05, 0.1) is 11.3 Å². The average molecular weight is 453 g/mol. The number of hydrogen-bond donors (Lipinski definition) is 0. The third-order valence-electron chi connectivity index (χ3n) is 6.43. The second-order valence-corrected chi connectivity index (χ2v) is 9.32. The summed E-state index contributed by atoms with van der Waals surface area (Å²) in [7, 11) is 0. The van der Waals surface area contributed by atoms with Crippen molar-refractivity contribution in [3.63, 3.8) is 0 Å². The van der Waals surface area contributed by atoms with Crippen LogP contribution in [0.5, 0.6) is 0 Å². The molecule has 0 aliphatic rings. The fourth-order valence-corrected chi connectivity index (χ4v) is 5.01. The summed E-state index contributed by atoms with van der Waals surface area (Å²) in [6, 6.07) is 18.1. The zero-order chi connectivity index (χ0) is 23.5. The summed E-state index contributed by atoms with van der Waals surface area (Å²) in [5, 5.41) is 1.80. The summed E-state index contributed by atoms with van der Waals surface area (Å²) in [6.45, 7) is 10.4. The summed E-state index contributed by atoms with van der Waals surface area (Å²) in [5.74, 6) is 1.12. The molecule has 0 bridgehead atoms. The van der Waals surface area contributed by atoms with E-state index in [-0.39, 0.29) is 5.78 Å². The van der Waals surface area contributed by atoms with Crippen LogP contribution >= 0.6 is 11.8 Å². The van der Waals surface area contributed by atoms with Crippen molar-refractivity contribution >= 4 is 40.6 Å². The number of hydrogen-bond acceptors (Lipinski definition) is 4. The zero-order valence-electron chi connectivity index (χ0n) is 19.8. The second kappa shape index (κ2) is 9.72. The summed E-state index contributed by atoms with van der Waals surface area (Å²) in [6.07, 6.45) is 3.93. The van der Waals surface area contributed by atoms with Gasteiger partial charge in [-0.25, -0.2) is 9.97 Å². The maximum absolute atomic E-state index is 13.3. The summed E-state index contributed by atoms with van der Waals surface area (Å²) in [5.41, 5.74) is 8.66. The van der Waals surface area contributed by atoms with Gasteiger partial charge in [-0.1, -0.05) is 66.4 Å². The number of carbonyl (C=O) groups is 1. The van der Waals surface area contributed by atoms with Gasteiger partial charge in [0.2, 0.25) is 0 Å². The Balaban J connectivity index is 1.65. The van der Waals surface area contributed by atoms with Gasteiger partial charge in [0.1, 0.15) is 5.03 Å². The van der Waals surface area contributed by atoms with Gasteiger partial charge in [-0.05, 0) is 80.1 Å². The molecule has 0 unspecified atom stereocenters. The molecule has 1 aromatic heterocycles. The Hall–Kier alpha value is -3.24. The molecule has 0 atom stereocenters. The van der Waals surface area contributed by atoms with Crippen LogP contribution in [0.4, 0.5) is 0 Å². The smallest absolute Gasteiger partial charge is 0.173 e. The van der Waals surface area contributed by atoms with Crippen molar-refractivity contribution in [3.8, 4) is 0 Å². The Labute approximate surface area is 200 Å². The zero-order valence-corrected chi connectivity index (χ0v) is 20.6. The van der Waals surface area contributed by atoms with Gasteiger partial charge in [-0.15, -0.1) is 0 Å². The third-order valence-corrected chi connectivity index (χ3v) is 7.42. The first-order chi connectivity index (χ1) is 15.9. The van der Waals surface area contributed by atoms with Gasteiger partial charge in [0, 0.05) is 10.9 Å². The SMILES string of the molecule is Cc1c(C)c(C)c(C(=O)CSc2nc(C=Cc3ccccc3)nc3ccccc23)c(C)c1C. The number of thioether (sulfide) groups is 1. The van der Waals surface area contributed by atoms with Crippen LogP contribution in [0, 0.1) is 34.6 Å². The van der Waals surface area contributed by atoms with Crippen LogP contribution in [-0.4, -0.2) is 21.5 Å². The molecule has 0 radical (unpaired) electrons. The minimum atomic E-state index is 0.144. The van der Waals surface area contributed by atoms with Gasteiger partial charge < -0.3 is 0 Å². The summed E-state index contributed by atoms with van der Waals surface area (Å²) in [4.78, 5) is 22.8. The van der Waals surface area contributed by atoms with Crippen molar-refractivity contribution in [1.29, 1.82) is 0 Å². The monoisotopic (exact) mass is 452 g/mol. The molecule has 4 aromatic rings. The highest BCUT2D eigenvalue weighted by Gasteiger charge is 2.19. The van der Waals surface area contributed by atoms with E-state index >= 15 is 0 Å². The van der Waals surface area contributed by atoms with Crippen LogP contribution < -0.4 is 0 Å². The maximum atomic E-state index is 13.3. The lowest BCUT2D eigenvalue weighted by Gasteiger charge is -2.17. The Morgan fingerprint density at radius 2 is 1.36 bits per heavy atom.